The van der Waals surface area contributed by atoms with E-state index in [1.54, 1.807) is 13.0 Å². The highest BCUT2D eigenvalue weighted by molar-refractivity contribution is 6.09. The summed E-state index contributed by atoms with van der Waals surface area (Å²) in [6.07, 6.45) is 0.653. The fourth-order valence-electron chi connectivity index (χ4n) is 3.36. The van der Waals surface area contributed by atoms with E-state index in [1.165, 1.54) is 6.07 Å². The van der Waals surface area contributed by atoms with Gasteiger partial charge in [-0.3, -0.25) is 4.79 Å². The third-order valence-electron chi connectivity index (χ3n) is 4.81. The van der Waals surface area contributed by atoms with E-state index in [0.29, 0.717) is 29.3 Å². The smallest absolute Gasteiger partial charge is 0.262 e. The van der Waals surface area contributed by atoms with E-state index >= 15 is 0 Å². The number of amidine groups is 1. The molecule has 1 atom stereocenters. The number of rotatable bonds is 2. The Bertz CT molecular complexity index is 714. The number of fused-ring (bicyclic) bond motifs is 3. The molecule has 0 spiro atoms. The summed E-state index contributed by atoms with van der Waals surface area (Å²) in [5.74, 6) is 0.663. The van der Waals surface area contributed by atoms with Gasteiger partial charge in [0, 0.05) is 19.2 Å². The van der Waals surface area contributed by atoms with Gasteiger partial charge >= 0.3 is 0 Å². The van der Waals surface area contributed by atoms with Gasteiger partial charge < -0.3 is 15.0 Å². The number of hydrogen-bond donors (Lipinski definition) is 2. The second-order valence-corrected chi connectivity index (χ2v) is 6.84. The average Bonchev–Trinajstić information content (AvgIpc) is 2.50. The van der Waals surface area contributed by atoms with E-state index in [0.717, 1.165) is 13.1 Å². The monoisotopic (exact) mass is 318 g/mol. The fourth-order valence-corrected chi connectivity index (χ4v) is 3.36. The minimum atomic E-state index is -0.399. The maximum atomic E-state index is 14.4. The van der Waals surface area contributed by atoms with Crippen LogP contribution in [-0.4, -0.2) is 37.5 Å². The molecule has 1 saturated heterocycles. The highest BCUT2D eigenvalue weighted by Gasteiger charge is 2.37. The first-order valence-electron chi connectivity index (χ1n) is 7.78. The van der Waals surface area contributed by atoms with E-state index in [9.17, 15) is 9.18 Å². The number of nitrogens with one attached hydrogen (secondary N) is 2. The number of halogens is 1. The lowest BCUT2D eigenvalue weighted by molar-refractivity contribution is -0.122. The number of carbonyl (C=O) groups excluding carboxylic acids is 1. The summed E-state index contributed by atoms with van der Waals surface area (Å²) < 4.78 is 20.0. The van der Waals surface area contributed by atoms with Gasteiger partial charge in [-0.1, -0.05) is 6.92 Å². The fraction of sp³-hybridized carbons (Fsp3) is 0.500. The SMILES string of the molecule is CC1C(=O)NN=C2COc3cc(F)c(CC4(C)CNC4)cc3N21. The van der Waals surface area contributed by atoms with Gasteiger partial charge in [-0.25, -0.2) is 9.82 Å². The quantitative estimate of drug-likeness (QED) is 0.854. The Kier molecular flexibility index (Phi) is 3.09. The van der Waals surface area contributed by atoms with E-state index in [2.05, 4.69) is 22.8 Å². The second-order valence-electron chi connectivity index (χ2n) is 6.84. The Hall–Kier alpha value is -2.15. The van der Waals surface area contributed by atoms with Crippen molar-refractivity contribution in [2.45, 2.75) is 26.3 Å². The van der Waals surface area contributed by atoms with Crippen molar-refractivity contribution < 1.29 is 13.9 Å². The van der Waals surface area contributed by atoms with Crippen LogP contribution in [0.1, 0.15) is 19.4 Å². The van der Waals surface area contributed by atoms with Crippen LogP contribution in [0.15, 0.2) is 17.2 Å². The number of amides is 1. The molecule has 0 radical (unpaired) electrons. The molecule has 0 saturated carbocycles. The molecule has 0 aromatic heterocycles. The van der Waals surface area contributed by atoms with Gasteiger partial charge in [0.05, 0.1) is 5.69 Å². The van der Waals surface area contributed by atoms with Crippen LogP contribution in [0, 0.1) is 11.2 Å². The van der Waals surface area contributed by atoms with Crippen LogP contribution >= 0.6 is 0 Å². The van der Waals surface area contributed by atoms with Crippen molar-refractivity contribution in [1.82, 2.24) is 10.7 Å². The maximum Gasteiger partial charge on any atom is 0.262 e. The number of hydrazone groups is 1. The second kappa shape index (κ2) is 4.92. The van der Waals surface area contributed by atoms with Crippen molar-refractivity contribution in [3.05, 3.63) is 23.5 Å². The molecule has 2 N–H and O–H groups in total. The van der Waals surface area contributed by atoms with Crippen molar-refractivity contribution in [2.75, 3.05) is 24.6 Å². The van der Waals surface area contributed by atoms with Crippen molar-refractivity contribution in [2.24, 2.45) is 10.5 Å². The van der Waals surface area contributed by atoms with Crippen LogP contribution in [0.5, 0.6) is 5.75 Å². The molecule has 4 rings (SSSR count). The lowest BCUT2D eigenvalue weighted by atomic mass is 9.78. The van der Waals surface area contributed by atoms with Crippen LogP contribution in [0.4, 0.5) is 10.1 Å². The summed E-state index contributed by atoms with van der Waals surface area (Å²) in [5, 5.41) is 7.28. The minimum absolute atomic E-state index is 0.0758. The van der Waals surface area contributed by atoms with Gasteiger partial charge in [-0.05, 0) is 30.4 Å². The summed E-state index contributed by atoms with van der Waals surface area (Å²) in [6, 6.07) is 2.83. The first-order chi connectivity index (χ1) is 11.0. The van der Waals surface area contributed by atoms with E-state index in [1.807, 2.05) is 4.90 Å². The molecule has 7 heteroatoms. The Balaban J connectivity index is 1.75. The highest BCUT2D eigenvalue weighted by atomic mass is 19.1. The standard InChI is InChI=1S/C16H19FN4O2/c1-9-15(22)20-19-14-6-23-13-4-11(17)10(3-12(13)21(9)14)5-16(2)7-18-8-16/h3-4,9,18H,5-8H2,1-2H3,(H,20,22). The zero-order valence-electron chi connectivity index (χ0n) is 13.1. The zero-order chi connectivity index (χ0) is 16.2. The maximum absolute atomic E-state index is 14.4. The highest BCUT2D eigenvalue weighted by Crippen LogP contribution is 2.38. The average molecular weight is 318 g/mol. The summed E-state index contributed by atoms with van der Waals surface area (Å²) in [6.45, 7) is 5.94. The lowest BCUT2D eigenvalue weighted by Crippen LogP contribution is -2.55. The molecule has 3 heterocycles. The molecule has 0 bridgehead atoms. The van der Waals surface area contributed by atoms with Gasteiger partial charge in [0.15, 0.2) is 5.84 Å². The Morgan fingerprint density at radius 3 is 2.96 bits per heavy atom. The number of carbonyl (C=O) groups is 1. The molecule has 1 aromatic rings. The number of nitrogens with zero attached hydrogens (tertiary/aromatic N) is 2. The summed E-state index contributed by atoms with van der Waals surface area (Å²) >= 11 is 0. The number of anilines is 1. The van der Waals surface area contributed by atoms with Crippen molar-refractivity contribution in [3.63, 3.8) is 0 Å². The van der Waals surface area contributed by atoms with E-state index in [4.69, 9.17) is 4.74 Å². The molecule has 1 fully saturated rings. The van der Waals surface area contributed by atoms with Crippen molar-refractivity contribution in [3.8, 4) is 5.75 Å². The molecule has 122 valence electrons. The number of benzene rings is 1. The van der Waals surface area contributed by atoms with Crippen LogP contribution in [-0.2, 0) is 11.2 Å². The molecule has 1 aromatic carbocycles. The van der Waals surface area contributed by atoms with Gasteiger partial charge in [0.25, 0.3) is 5.91 Å². The number of hydrogen-bond acceptors (Lipinski definition) is 5. The summed E-state index contributed by atoms with van der Waals surface area (Å²) in [7, 11) is 0. The summed E-state index contributed by atoms with van der Waals surface area (Å²) in [5.41, 5.74) is 3.93. The van der Waals surface area contributed by atoms with Crippen LogP contribution < -0.4 is 20.4 Å². The lowest BCUT2D eigenvalue weighted by Gasteiger charge is -2.41. The third kappa shape index (κ3) is 2.26. The third-order valence-corrected chi connectivity index (χ3v) is 4.81. The topological polar surface area (TPSA) is 66.0 Å². The first-order valence-corrected chi connectivity index (χ1v) is 7.78. The number of ether oxygens (including phenoxy) is 1. The predicted molar refractivity (Wildman–Crippen MR) is 84.1 cm³/mol. The Morgan fingerprint density at radius 2 is 2.26 bits per heavy atom. The van der Waals surface area contributed by atoms with E-state index in [-0.39, 0.29) is 23.7 Å². The first kappa shape index (κ1) is 14.4. The minimum Gasteiger partial charge on any atom is -0.483 e. The Labute approximate surface area is 133 Å². The van der Waals surface area contributed by atoms with Gasteiger partial charge in [0.2, 0.25) is 0 Å². The van der Waals surface area contributed by atoms with Crippen LogP contribution in [0.25, 0.3) is 0 Å². The molecule has 23 heavy (non-hydrogen) atoms. The van der Waals surface area contributed by atoms with Gasteiger partial charge in [-0.15, -0.1) is 0 Å². The molecule has 3 aliphatic rings. The molecule has 1 amide bonds. The van der Waals surface area contributed by atoms with Crippen LogP contribution in [0.3, 0.4) is 0 Å². The van der Waals surface area contributed by atoms with Crippen LogP contribution in [0.2, 0.25) is 0 Å². The zero-order valence-corrected chi connectivity index (χ0v) is 13.1. The molecular weight excluding hydrogens is 299 g/mol. The summed E-state index contributed by atoms with van der Waals surface area (Å²) in [4.78, 5) is 13.7. The predicted octanol–water partition coefficient (Wildman–Crippen LogP) is 1.01. The Morgan fingerprint density at radius 1 is 1.48 bits per heavy atom. The van der Waals surface area contributed by atoms with Crippen molar-refractivity contribution in [1.29, 1.82) is 0 Å². The molecule has 0 aliphatic carbocycles. The van der Waals surface area contributed by atoms with Gasteiger partial charge in [-0.2, -0.15) is 5.10 Å². The van der Waals surface area contributed by atoms with Gasteiger partial charge in [0.1, 0.15) is 24.2 Å². The molecular formula is C16H19FN4O2. The molecule has 1 unspecified atom stereocenters. The molecule has 6 nitrogen and oxygen atoms in total. The largest absolute Gasteiger partial charge is 0.483 e. The van der Waals surface area contributed by atoms with Crippen molar-refractivity contribution >= 4 is 17.4 Å². The van der Waals surface area contributed by atoms with E-state index < -0.39 is 6.04 Å². The molecule has 3 aliphatic heterocycles. The normalized spacial score (nSPS) is 24.7.